The zero-order chi connectivity index (χ0) is 27.5. The van der Waals surface area contributed by atoms with Crippen LogP contribution in [-0.4, -0.2) is 59.0 Å². The zero-order valence-corrected chi connectivity index (χ0v) is 21.4. The lowest BCUT2D eigenvalue weighted by atomic mass is 10.1. The van der Waals surface area contributed by atoms with Crippen molar-refractivity contribution in [3.63, 3.8) is 0 Å². The molecule has 0 spiro atoms. The first-order valence-electron chi connectivity index (χ1n) is 12.8. The lowest BCUT2D eigenvalue weighted by Crippen LogP contribution is -2.65. The number of aromatic hydroxyl groups is 1. The second-order valence-corrected chi connectivity index (χ2v) is 9.34. The first kappa shape index (κ1) is 26.2. The highest BCUT2D eigenvalue weighted by Gasteiger charge is 2.42. The molecule has 0 aliphatic carbocycles. The summed E-state index contributed by atoms with van der Waals surface area (Å²) in [6.07, 6.45) is 1.68. The van der Waals surface area contributed by atoms with Crippen molar-refractivity contribution in [2.24, 2.45) is 0 Å². The Labute approximate surface area is 224 Å². The molecule has 3 heterocycles. The van der Waals surface area contributed by atoms with Crippen LogP contribution < -0.4 is 20.5 Å². The lowest BCUT2D eigenvalue weighted by Gasteiger charge is -2.48. The highest BCUT2D eigenvalue weighted by atomic mass is 19.1. The van der Waals surface area contributed by atoms with Crippen LogP contribution in [0.2, 0.25) is 0 Å². The predicted molar refractivity (Wildman–Crippen MR) is 140 cm³/mol. The molecule has 2 aromatic carbocycles. The number of ether oxygens (including phenoxy) is 2. The number of nitrogens with zero attached hydrogens (tertiary/aromatic N) is 3. The number of rotatable bonds is 8. The molecule has 2 amide bonds. The Morgan fingerprint density at radius 3 is 2.74 bits per heavy atom. The van der Waals surface area contributed by atoms with E-state index in [0.29, 0.717) is 19.7 Å². The Hall–Kier alpha value is -4.38. The summed E-state index contributed by atoms with van der Waals surface area (Å²) in [6, 6.07) is 12.6. The molecule has 39 heavy (non-hydrogen) atoms. The molecule has 0 radical (unpaired) electrons. The van der Waals surface area contributed by atoms with Gasteiger partial charge in [-0.1, -0.05) is 43.3 Å². The molecule has 1 saturated heterocycles. The van der Waals surface area contributed by atoms with Crippen molar-refractivity contribution >= 4 is 11.8 Å². The van der Waals surface area contributed by atoms with Crippen molar-refractivity contribution in [2.45, 2.75) is 32.7 Å². The number of phenols is 1. The molecule has 0 saturated carbocycles. The van der Waals surface area contributed by atoms with E-state index in [9.17, 15) is 23.9 Å². The van der Waals surface area contributed by atoms with Gasteiger partial charge in [0.1, 0.15) is 29.9 Å². The topological polar surface area (TPSA) is 113 Å². The van der Waals surface area contributed by atoms with Gasteiger partial charge in [-0.25, -0.2) is 4.39 Å². The number of carbonyl (C=O) groups is 2. The number of pyridine rings is 1. The summed E-state index contributed by atoms with van der Waals surface area (Å²) in [5, 5.41) is 14.5. The first-order valence-corrected chi connectivity index (χ1v) is 12.8. The molecule has 204 valence electrons. The van der Waals surface area contributed by atoms with Crippen LogP contribution in [0.4, 0.5) is 4.39 Å². The van der Waals surface area contributed by atoms with Crippen molar-refractivity contribution in [3.05, 3.63) is 93.2 Å². The highest BCUT2D eigenvalue weighted by Crippen LogP contribution is 2.28. The number of hydrogen-bond acceptors (Lipinski definition) is 7. The van der Waals surface area contributed by atoms with E-state index < -0.39 is 23.3 Å². The van der Waals surface area contributed by atoms with Crippen molar-refractivity contribution in [1.29, 1.82) is 0 Å². The quantitative estimate of drug-likeness (QED) is 0.455. The van der Waals surface area contributed by atoms with Gasteiger partial charge < -0.3 is 24.8 Å². The molecule has 2 aliphatic rings. The normalized spacial score (nSPS) is 16.5. The minimum atomic E-state index is -0.727. The molecular formula is C28H29FN4O6. The number of morpholine rings is 1. The van der Waals surface area contributed by atoms with Gasteiger partial charge in [0.25, 0.3) is 11.8 Å². The molecule has 10 nitrogen and oxygen atoms in total. The van der Waals surface area contributed by atoms with Gasteiger partial charge in [0.05, 0.1) is 13.2 Å². The van der Waals surface area contributed by atoms with Crippen LogP contribution in [0, 0.1) is 5.82 Å². The van der Waals surface area contributed by atoms with Gasteiger partial charge in [0.15, 0.2) is 11.4 Å². The highest BCUT2D eigenvalue weighted by molar-refractivity contribution is 5.99. The summed E-state index contributed by atoms with van der Waals surface area (Å²) in [5.41, 5.74) is 0.156. The van der Waals surface area contributed by atoms with Crippen molar-refractivity contribution < 1.29 is 28.6 Å². The van der Waals surface area contributed by atoms with E-state index in [4.69, 9.17) is 9.47 Å². The number of amides is 2. The summed E-state index contributed by atoms with van der Waals surface area (Å²) in [4.78, 5) is 42.3. The molecule has 2 N–H and O–H groups in total. The Bertz CT molecular complexity index is 1440. The van der Waals surface area contributed by atoms with Gasteiger partial charge in [0, 0.05) is 37.5 Å². The number of aromatic nitrogens is 1. The lowest BCUT2D eigenvalue weighted by molar-refractivity contribution is -0.0173. The number of hydrogen-bond donors (Lipinski definition) is 2. The van der Waals surface area contributed by atoms with Crippen LogP contribution in [0.25, 0.3) is 0 Å². The third-order valence-corrected chi connectivity index (χ3v) is 6.74. The third-order valence-electron chi connectivity index (χ3n) is 6.74. The summed E-state index contributed by atoms with van der Waals surface area (Å²) < 4.78 is 26.5. The largest absolute Gasteiger partial charge is 0.507 e. The SMILES string of the molecule is CCCN1[C@@H]2COCCN2C(=O)c2c(OCc3ccccc3)c(=O)c(C(=O)NCc3ccc(F)cc3O)cn21. The molecule has 5 rings (SSSR count). The standard InChI is InChI=1S/C28H29FN4O6/c1-2-10-32-23-17-38-12-11-31(23)28(37)24-26(39-16-18-6-4-3-5-7-18)25(35)21(15-33(24)32)27(36)30-14-19-8-9-20(29)13-22(19)34/h3-9,13,15,23,34H,2,10-12,14,16-17H2,1H3,(H,30,36)/t23-/m1/s1. The number of nitrogens with one attached hydrogen (secondary N) is 1. The second-order valence-electron chi connectivity index (χ2n) is 9.34. The van der Waals surface area contributed by atoms with Gasteiger partial charge in [-0.3, -0.25) is 24.1 Å². The molecule has 0 unspecified atom stereocenters. The van der Waals surface area contributed by atoms with E-state index in [1.807, 2.05) is 42.3 Å². The monoisotopic (exact) mass is 536 g/mol. The average molecular weight is 537 g/mol. The molecule has 2 aliphatic heterocycles. The van der Waals surface area contributed by atoms with Gasteiger partial charge in [-0.05, 0) is 18.1 Å². The Balaban J connectivity index is 1.56. The number of benzene rings is 2. The third kappa shape index (κ3) is 5.17. The van der Waals surface area contributed by atoms with Crippen molar-refractivity contribution in [1.82, 2.24) is 14.9 Å². The van der Waals surface area contributed by atoms with Gasteiger partial charge in [-0.2, -0.15) is 0 Å². The second kappa shape index (κ2) is 11.2. The molecule has 3 aromatic rings. The van der Waals surface area contributed by atoms with E-state index in [1.54, 1.807) is 4.90 Å². The Morgan fingerprint density at radius 2 is 2.00 bits per heavy atom. The number of carbonyl (C=O) groups excluding carboxylic acids is 2. The van der Waals surface area contributed by atoms with Gasteiger partial charge in [0.2, 0.25) is 5.43 Å². The number of halogens is 1. The van der Waals surface area contributed by atoms with Crippen molar-refractivity contribution in [3.8, 4) is 11.5 Å². The number of phenolic OH excluding ortho intramolecular Hbond substituents is 1. The van der Waals surface area contributed by atoms with E-state index in [0.717, 1.165) is 24.1 Å². The molecule has 1 aromatic heterocycles. The van der Waals surface area contributed by atoms with Crippen LogP contribution in [0.15, 0.2) is 59.5 Å². The Kier molecular flexibility index (Phi) is 7.51. The molecule has 1 atom stereocenters. The van der Waals surface area contributed by atoms with Crippen LogP contribution in [0.3, 0.4) is 0 Å². The van der Waals surface area contributed by atoms with Gasteiger partial charge >= 0.3 is 0 Å². The van der Waals surface area contributed by atoms with Crippen LogP contribution in [-0.2, 0) is 17.9 Å². The fraction of sp³-hybridized carbons (Fsp3) is 0.321. The minimum absolute atomic E-state index is 0.0190. The summed E-state index contributed by atoms with van der Waals surface area (Å²) in [5.74, 6) is -2.25. The first-order chi connectivity index (χ1) is 18.9. The van der Waals surface area contributed by atoms with E-state index >= 15 is 0 Å². The van der Waals surface area contributed by atoms with E-state index in [-0.39, 0.29) is 54.0 Å². The van der Waals surface area contributed by atoms with Crippen LogP contribution in [0.5, 0.6) is 11.5 Å². The molecular weight excluding hydrogens is 507 g/mol. The van der Waals surface area contributed by atoms with Crippen LogP contribution >= 0.6 is 0 Å². The summed E-state index contributed by atoms with van der Waals surface area (Å²) >= 11 is 0. The fourth-order valence-corrected chi connectivity index (χ4v) is 4.80. The Morgan fingerprint density at radius 1 is 1.21 bits per heavy atom. The smallest absolute Gasteiger partial charge is 0.278 e. The van der Waals surface area contributed by atoms with Gasteiger partial charge in [-0.15, -0.1) is 0 Å². The molecule has 0 bridgehead atoms. The van der Waals surface area contributed by atoms with E-state index in [2.05, 4.69) is 5.32 Å². The average Bonchev–Trinajstić information content (AvgIpc) is 2.94. The predicted octanol–water partition coefficient (Wildman–Crippen LogP) is 2.36. The van der Waals surface area contributed by atoms with Crippen molar-refractivity contribution in [2.75, 3.05) is 31.3 Å². The fourth-order valence-electron chi connectivity index (χ4n) is 4.80. The maximum absolute atomic E-state index is 13.7. The zero-order valence-electron chi connectivity index (χ0n) is 21.4. The van der Waals surface area contributed by atoms with Crippen LogP contribution in [0.1, 0.15) is 45.3 Å². The molecule has 1 fully saturated rings. The molecule has 11 heteroatoms. The maximum atomic E-state index is 13.7. The van der Waals surface area contributed by atoms with E-state index in [1.165, 1.54) is 16.9 Å². The summed E-state index contributed by atoms with van der Waals surface area (Å²) in [6.45, 7) is 3.41. The minimum Gasteiger partial charge on any atom is -0.507 e. The number of fused-ring (bicyclic) bond motifs is 2. The maximum Gasteiger partial charge on any atom is 0.278 e. The summed E-state index contributed by atoms with van der Waals surface area (Å²) in [7, 11) is 0.